The van der Waals surface area contributed by atoms with Crippen LogP contribution < -0.4 is 0 Å². The maximum Gasteiger partial charge on any atom is 0.490 e. The molecular formula is C10H15F2N2O13P3S2. The number of ether oxygens (including phenoxy) is 1. The van der Waals surface area contributed by atoms with Gasteiger partial charge in [-0.15, -0.1) is 0 Å². The minimum atomic E-state index is -5.89. The summed E-state index contributed by atoms with van der Waals surface area (Å²) in [6.45, 7) is -0.904. The van der Waals surface area contributed by atoms with E-state index in [0.717, 1.165) is 6.92 Å². The van der Waals surface area contributed by atoms with Crippen LogP contribution in [0.4, 0.5) is 8.78 Å². The SMILES string of the molecule is C[C@@]1(O)C(O)[C@@](F)(COP(=O)(O)OP(=O)(O)OP(=O)(O)O)O[C@H]1n1cc(F)c(=S)[nH]c1=S. The molecule has 22 heteroatoms. The van der Waals surface area contributed by atoms with E-state index in [4.69, 9.17) is 31.6 Å². The van der Waals surface area contributed by atoms with E-state index in [1.165, 1.54) is 0 Å². The fourth-order valence-corrected chi connectivity index (χ4v) is 6.00. The Kier molecular flexibility index (Phi) is 7.88. The van der Waals surface area contributed by atoms with Crippen LogP contribution >= 0.6 is 47.9 Å². The van der Waals surface area contributed by atoms with Crippen molar-refractivity contribution < 1.29 is 70.1 Å². The Balaban J connectivity index is 2.26. The first-order valence-electron chi connectivity index (χ1n) is 7.76. The number of nitrogens with zero attached hydrogens (tertiary/aromatic N) is 1. The molecule has 2 heterocycles. The van der Waals surface area contributed by atoms with Gasteiger partial charge in [0.2, 0.25) is 0 Å². The average Bonchev–Trinajstić information content (AvgIpc) is 2.74. The molecule has 0 saturated carbocycles. The zero-order valence-electron chi connectivity index (χ0n) is 15.3. The number of rotatable bonds is 8. The summed E-state index contributed by atoms with van der Waals surface area (Å²) >= 11 is 9.51. The molecule has 0 radical (unpaired) electrons. The Morgan fingerprint density at radius 3 is 2.31 bits per heavy atom. The van der Waals surface area contributed by atoms with Gasteiger partial charge in [0.25, 0.3) is 5.85 Å². The van der Waals surface area contributed by atoms with Crippen molar-refractivity contribution >= 4 is 47.9 Å². The van der Waals surface area contributed by atoms with Crippen LogP contribution in [0.25, 0.3) is 0 Å². The minimum Gasteiger partial charge on any atom is -0.384 e. The summed E-state index contributed by atoms with van der Waals surface area (Å²) in [5.41, 5.74) is -2.56. The Morgan fingerprint density at radius 2 is 1.78 bits per heavy atom. The normalized spacial score (nSPS) is 32.4. The lowest BCUT2D eigenvalue weighted by Gasteiger charge is -2.28. The third kappa shape index (κ3) is 6.41. The van der Waals surface area contributed by atoms with Crippen molar-refractivity contribution in [3.05, 3.63) is 21.4 Å². The summed E-state index contributed by atoms with van der Waals surface area (Å²) in [6.07, 6.45) is -3.86. The number of phosphoric acid groups is 3. The summed E-state index contributed by atoms with van der Waals surface area (Å²) in [7, 11) is -17.3. The van der Waals surface area contributed by atoms with Gasteiger partial charge in [-0.05, 0) is 19.1 Å². The predicted octanol–water partition coefficient (Wildman–Crippen LogP) is 1.06. The number of aliphatic hydroxyl groups is 2. The lowest BCUT2D eigenvalue weighted by molar-refractivity contribution is -0.204. The molecule has 0 aliphatic carbocycles. The predicted molar refractivity (Wildman–Crippen MR) is 101 cm³/mol. The number of nitrogens with one attached hydrogen (secondary N) is 1. The zero-order chi connectivity index (χ0) is 24.9. The molecule has 1 fully saturated rings. The molecule has 1 aliphatic heterocycles. The lowest BCUT2D eigenvalue weighted by atomic mass is 9.95. The molecule has 7 N–H and O–H groups in total. The van der Waals surface area contributed by atoms with E-state index in [1.807, 2.05) is 0 Å². The van der Waals surface area contributed by atoms with Gasteiger partial charge in [0.05, 0.1) is 0 Å². The van der Waals surface area contributed by atoms with Crippen LogP contribution in [0.1, 0.15) is 13.2 Å². The standard InChI is InChI=1S/C10H15F2N2O13P3S2/c1-9(16)6(15)10(12,25-7(9)14-2-4(11)5(31)13-8(14)32)3-24-29(20,21)27-30(22,23)26-28(17,18)19/h2,6-7,15-16H,3H2,1H3,(H,20,21)(H,22,23)(H,13,31,32)(H2,17,18,19)/t6?,7-,9-,10-/m1/s1. The Labute approximate surface area is 186 Å². The molecule has 0 bridgehead atoms. The summed E-state index contributed by atoms with van der Waals surface area (Å²) in [6, 6.07) is 0. The first-order valence-corrected chi connectivity index (χ1v) is 13.1. The van der Waals surface area contributed by atoms with Gasteiger partial charge >= 0.3 is 23.5 Å². The Bertz CT molecular complexity index is 1150. The number of hydrogen-bond acceptors (Lipinski definition) is 11. The largest absolute Gasteiger partial charge is 0.490 e. The van der Waals surface area contributed by atoms with E-state index in [0.29, 0.717) is 10.8 Å². The van der Waals surface area contributed by atoms with Crippen LogP contribution in [0.5, 0.6) is 0 Å². The summed E-state index contributed by atoms with van der Waals surface area (Å²) in [5, 5.41) is 20.6. The van der Waals surface area contributed by atoms with Crippen molar-refractivity contribution in [3.8, 4) is 0 Å². The molecule has 1 aromatic heterocycles. The fourth-order valence-electron chi connectivity index (χ4n) is 2.50. The number of aromatic nitrogens is 2. The van der Waals surface area contributed by atoms with E-state index in [1.54, 1.807) is 0 Å². The molecule has 184 valence electrons. The van der Waals surface area contributed by atoms with Crippen LogP contribution in [-0.2, 0) is 31.6 Å². The molecule has 0 amide bonds. The molecule has 32 heavy (non-hydrogen) atoms. The van der Waals surface area contributed by atoms with E-state index in [9.17, 15) is 33.2 Å². The van der Waals surface area contributed by atoms with Crippen molar-refractivity contribution in [1.29, 1.82) is 0 Å². The van der Waals surface area contributed by atoms with Crippen LogP contribution in [0.3, 0.4) is 0 Å². The van der Waals surface area contributed by atoms with Gasteiger partial charge in [-0.25, -0.2) is 22.5 Å². The highest BCUT2D eigenvalue weighted by atomic mass is 32.1. The van der Waals surface area contributed by atoms with Gasteiger partial charge in [-0.2, -0.15) is 8.62 Å². The van der Waals surface area contributed by atoms with Gasteiger partial charge in [0.15, 0.2) is 16.8 Å². The maximum absolute atomic E-state index is 15.2. The van der Waals surface area contributed by atoms with E-state index in [2.05, 4.69) is 30.3 Å². The van der Waals surface area contributed by atoms with Gasteiger partial charge < -0.3 is 39.5 Å². The molecule has 6 atom stereocenters. The monoisotopic (exact) mass is 566 g/mol. The number of aromatic amines is 1. The Hall–Kier alpha value is -0.330. The molecule has 1 aliphatic rings. The molecule has 2 rings (SSSR count). The molecule has 0 aromatic carbocycles. The average molecular weight is 566 g/mol. The second-order valence-electron chi connectivity index (χ2n) is 6.39. The third-order valence-corrected chi connectivity index (χ3v) is 8.18. The third-order valence-electron chi connectivity index (χ3n) is 3.79. The van der Waals surface area contributed by atoms with Crippen LogP contribution in [0, 0.1) is 15.2 Å². The number of hydrogen-bond donors (Lipinski definition) is 7. The summed E-state index contributed by atoms with van der Waals surface area (Å²) < 4.78 is 78.4. The van der Waals surface area contributed by atoms with Crippen molar-refractivity contribution in [3.63, 3.8) is 0 Å². The highest BCUT2D eigenvalue weighted by Crippen LogP contribution is 2.66. The second-order valence-corrected chi connectivity index (χ2v) is 11.6. The second kappa shape index (κ2) is 9.03. The fraction of sp³-hybridized carbons (Fsp3) is 0.600. The van der Waals surface area contributed by atoms with Gasteiger partial charge in [0.1, 0.15) is 23.0 Å². The number of H-pyrrole nitrogens is 1. The molecule has 15 nitrogen and oxygen atoms in total. The van der Waals surface area contributed by atoms with Crippen LogP contribution in [0.15, 0.2) is 6.20 Å². The van der Waals surface area contributed by atoms with Gasteiger partial charge in [-0.1, -0.05) is 12.2 Å². The van der Waals surface area contributed by atoms with Crippen molar-refractivity contribution in [1.82, 2.24) is 9.55 Å². The number of aliphatic hydroxyl groups excluding tert-OH is 1. The lowest BCUT2D eigenvalue weighted by Crippen LogP contribution is -2.49. The Morgan fingerprint density at radius 1 is 1.22 bits per heavy atom. The first-order chi connectivity index (χ1) is 14.2. The number of halogens is 2. The topological polar surface area (TPSA) is 230 Å². The highest BCUT2D eigenvalue weighted by molar-refractivity contribution is 7.72. The van der Waals surface area contributed by atoms with Crippen LogP contribution in [0.2, 0.25) is 0 Å². The minimum absolute atomic E-state index is 0.369. The molecule has 1 aromatic rings. The van der Waals surface area contributed by atoms with E-state index >= 15 is 4.39 Å². The molecule has 1 saturated heterocycles. The van der Waals surface area contributed by atoms with Crippen molar-refractivity contribution in [2.75, 3.05) is 6.61 Å². The van der Waals surface area contributed by atoms with E-state index in [-0.39, 0.29) is 4.77 Å². The molecule has 3 unspecified atom stereocenters. The van der Waals surface area contributed by atoms with Gasteiger partial charge in [0, 0.05) is 6.20 Å². The molecular weight excluding hydrogens is 551 g/mol. The summed E-state index contributed by atoms with van der Waals surface area (Å²) in [5.74, 6) is -4.58. The van der Waals surface area contributed by atoms with Crippen LogP contribution in [-0.4, -0.2) is 63.5 Å². The smallest absolute Gasteiger partial charge is 0.384 e. The first kappa shape index (κ1) is 27.9. The number of alkyl halides is 1. The van der Waals surface area contributed by atoms with E-state index < -0.39 is 64.3 Å². The quantitative estimate of drug-likeness (QED) is 0.172. The summed E-state index contributed by atoms with van der Waals surface area (Å²) in [4.78, 5) is 37.6. The maximum atomic E-state index is 15.2. The number of phosphoric ester groups is 1. The zero-order valence-corrected chi connectivity index (χ0v) is 19.7. The molecule has 0 spiro atoms. The van der Waals surface area contributed by atoms with Crippen molar-refractivity contribution in [2.45, 2.75) is 30.7 Å². The van der Waals surface area contributed by atoms with Gasteiger partial charge in [-0.3, -0.25) is 9.09 Å². The highest BCUT2D eigenvalue weighted by Gasteiger charge is 2.63. The van der Waals surface area contributed by atoms with Crippen molar-refractivity contribution in [2.24, 2.45) is 0 Å².